The molecule has 0 spiro atoms. The van der Waals surface area contributed by atoms with E-state index < -0.39 is 5.97 Å². The molecule has 1 N–H and O–H groups in total. The van der Waals surface area contributed by atoms with Crippen LogP contribution in [0.3, 0.4) is 0 Å². The molecular formula is C21H23N5O3. The van der Waals surface area contributed by atoms with E-state index in [1.165, 1.54) is 6.20 Å². The second-order valence-electron chi connectivity index (χ2n) is 7.33. The smallest absolute Gasteiger partial charge is 0.338 e. The van der Waals surface area contributed by atoms with Crippen LogP contribution < -0.4 is 0 Å². The molecule has 0 aliphatic carbocycles. The first-order valence-electron chi connectivity index (χ1n) is 9.64. The number of amides is 1. The maximum absolute atomic E-state index is 13.2. The Morgan fingerprint density at radius 1 is 1.10 bits per heavy atom. The van der Waals surface area contributed by atoms with Crippen molar-refractivity contribution in [3.63, 3.8) is 0 Å². The summed E-state index contributed by atoms with van der Waals surface area (Å²) in [6.45, 7) is 4.98. The highest BCUT2D eigenvalue weighted by atomic mass is 16.4. The summed E-state index contributed by atoms with van der Waals surface area (Å²) in [6.07, 6.45) is 4.39. The Labute approximate surface area is 168 Å². The molecule has 0 atom stereocenters. The number of rotatable bonds is 4. The summed E-state index contributed by atoms with van der Waals surface area (Å²) >= 11 is 0. The summed E-state index contributed by atoms with van der Waals surface area (Å²) in [4.78, 5) is 26.1. The Morgan fingerprint density at radius 3 is 2.41 bits per heavy atom. The minimum absolute atomic E-state index is 0.00711. The molecule has 8 heteroatoms. The number of piperidine rings is 1. The van der Waals surface area contributed by atoms with Crippen molar-refractivity contribution in [3.8, 4) is 5.69 Å². The highest BCUT2D eigenvalue weighted by molar-refractivity contribution is 5.96. The fourth-order valence-corrected chi connectivity index (χ4v) is 3.91. The van der Waals surface area contributed by atoms with Crippen molar-refractivity contribution in [1.29, 1.82) is 0 Å². The zero-order valence-corrected chi connectivity index (χ0v) is 16.4. The molecule has 1 amide bonds. The quantitative estimate of drug-likeness (QED) is 0.736. The molecule has 1 fully saturated rings. The molecule has 4 rings (SSSR count). The lowest BCUT2D eigenvalue weighted by atomic mass is 10.0. The number of nitrogens with zero attached hydrogens (tertiary/aromatic N) is 5. The first-order chi connectivity index (χ1) is 14.0. The van der Waals surface area contributed by atoms with Gasteiger partial charge in [-0.3, -0.25) is 9.48 Å². The normalized spacial score (nSPS) is 14.9. The molecule has 150 valence electrons. The number of aryl methyl sites for hydroxylation is 1. The summed E-state index contributed by atoms with van der Waals surface area (Å²) in [5.41, 5.74) is 3.32. The number of benzene rings is 1. The molecule has 0 unspecified atom stereocenters. The van der Waals surface area contributed by atoms with E-state index in [1.54, 1.807) is 10.9 Å². The number of carboxylic acid groups (broad SMARTS) is 1. The van der Waals surface area contributed by atoms with Crippen molar-refractivity contribution in [2.75, 3.05) is 13.1 Å². The van der Waals surface area contributed by atoms with Gasteiger partial charge in [-0.05, 0) is 38.8 Å². The van der Waals surface area contributed by atoms with Crippen LogP contribution in [0.4, 0.5) is 0 Å². The van der Waals surface area contributed by atoms with Crippen LogP contribution in [0.15, 0.2) is 42.7 Å². The number of carboxylic acids is 1. The molecule has 2 aromatic heterocycles. The highest BCUT2D eigenvalue weighted by Crippen LogP contribution is 2.26. The van der Waals surface area contributed by atoms with Gasteiger partial charge in [0.2, 0.25) is 0 Å². The van der Waals surface area contributed by atoms with Crippen LogP contribution in [-0.4, -0.2) is 54.5 Å². The highest BCUT2D eigenvalue weighted by Gasteiger charge is 2.29. The summed E-state index contributed by atoms with van der Waals surface area (Å²) in [7, 11) is 0. The maximum Gasteiger partial charge on any atom is 0.338 e. The van der Waals surface area contributed by atoms with Crippen LogP contribution in [-0.2, 0) is 0 Å². The van der Waals surface area contributed by atoms with Gasteiger partial charge in [0.15, 0.2) is 0 Å². The van der Waals surface area contributed by atoms with E-state index in [4.69, 9.17) is 5.11 Å². The Bertz CT molecular complexity index is 1050. The van der Waals surface area contributed by atoms with Crippen LogP contribution >= 0.6 is 0 Å². The van der Waals surface area contributed by atoms with Gasteiger partial charge < -0.3 is 10.0 Å². The number of hydrogen-bond acceptors (Lipinski definition) is 4. The number of aromatic carboxylic acids is 1. The van der Waals surface area contributed by atoms with Crippen LogP contribution in [0.1, 0.15) is 51.0 Å². The topological polar surface area (TPSA) is 93.2 Å². The van der Waals surface area contributed by atoms with Gasteiger partial charge in [-0.25, -0.2) is 9.48 Å². The molecule has 3 aromatic rings. The molecule has 8 nitrogen and oxygen atoms in total. The number of aromatic nitrogens is 4. The zero-order valence-electron chi connectivity index (χ0n) is 16.4. The van der Waals surface area contributed by atoms with Crippen molar-refractivity contribution < 1.29 is 14.7 Å². The van der Waals surface area contributed by atoms with Gasteiger partial charge in [-0.2, -0.15) is 10.2 Å². The number of hydrogen-bond donors (Lipinski definition) is 1. The summed E-state index contributed by atoms with van der Waals surface area (Å²) in [6, 6.07) is 9.88. The van der Waals surface area contributed by atoms with Gasteiger partial charge in [0.05, 0.1) is 40.4 Å². The SMILES string of the molecule is Cc1nn(-c2ccccc2)c(C)c1C(=O)N1CCC(n2cc(C(=O)O)cn2)CC1. The van der Waals surface area contributed by atoms with E-state index >= 15 is 0 Å². The monoisotopic (exact) mass is 393 g/mol. The van der Waals surface area contributed by atoms with Crippen LogP contribution in [0.2, 0.25) is 0 Å². The number of carbonyl (C=O) groups is 2. The lowest BCUT2D eigenvalue weighted by Crippen LogP contribution is -2.39. The Balaban J connectivity index is 1.49. The van der Waals surface area contributed by atoms with E-state index in [0.717, 1.165) is 29.9 Å². The Kier molecular flexibility index (Phi) is 4.92. The van der Waals surface area contributed by atoms with E-state index in [0.29, 0.717) is 18.7 Å². The minimum Gasteiger partial charge on any atom is -0.478 e. The summed E-state index contributed by atoms with van der Waals surface area (Å²) in [5.74, 6) is -0.988. The van der Waals surface area contributed by atoms with Crippen LogP contribution in [0.5, 0.6) is 0 Å². The Hall–Kier alpha value is -3.42. The first kappa shape index (κ1) is 18.9. The number of para-hydroxylation sites is 1. The van der Waals surface area contributed by atoms with Crippen molar-refractivity contribution in [2.24, 2.45) is 0 Å². The van der Waals surface area contributed by atoms with Gasteiger partial charge in [-0.15, -0.1) is 0 Å². The van der Waals surface area contributed by atoms with Gasteiger partial charge in [-0.1, -0.05) is 18.2 Å². The largest absolute Gasteiger partial charge is 0.478 e. The van der Waals surface area contributed by atoms with Crippen LogP contribution in [0, 0.1) is 13.8 Å². The number of carbonyl (C=O) groups excluding carboxylic acids is 1. The molecule has 0 saturated carbocycles. The average Bonchev–Trinajstić information content (AvgIpc) is 3.33. The van der Waals surface area contributed by atoms with Crippen molar-refractivity contribution in [2.45, 2.75) is 32.7 Å². The predicted molar refractivity (Wildman–Crippen MR) is 106 cm³/mol. The zero-order chi connectivity index (χ0) is 20.5. The van der Waals surface area contributed by atoms with Crippen LogP contribution in [0.25, 0.3) is 5.69 Å². The van der Waals surface area contributed by atoms with Gasteiger partial charge in [0.1, 0.15) is 0 Å². The molecule has 1 aromatic carbocycles. The lowest BCUT2D eigenvalue weighted by molar-refractivity contribution is 0.0687. The second kappa shape index (κ2) is 7.54. The third-order valence-electron chi connectivity index (χ3n) is 5.48. The van der Waals surface area contributed by atoms with Gasteiger partial charge in [0.25, 0.3) is 5.91 Å². The second-order valence-corrected chi connectivity index (χ2v) is 7.33. The van der Waals surface area contributed by atoms with Gasteiger partial charge >= 0.3 is 5.97 Å². The third-order valence-corrected chi connectivity index (χ3v) is 5.48. The predicted octanol–water partition coefficient (Wildman–Crippen LogP) is 2.86. The summed E-state index contributed by atoms with van der Waals surface area (Å²) < 4.78 is 3.52. The molecule has 1 saturated heterocycles. The van der Waals surface area contributed by atoms with E-state index in [9.17, 15) is 9.59 Å². The fraction of sp³-hybridized carbons (Fsp3) is 0.333. The molecule has 1 aliphatic rings. The van der Waals surface area contributed by atoms with Crippen molar-refractivity contribution in [1.82, 2.24) is 24.5 Å². The van der Waals surface area contributed by atoms with E-state index in [1.807, 2.05) is 53.8 Å². The average molecular weight is 393 g/mol. The standard InChI is InChI=1S/C21H23N5O3/c1-14-19(15(2)26(23-14)18-6-4-3-5-7-18)20(27)24-10-8-17(9-11-24)25-13-16(12-22-25)21(28)29/h3-7,12-13,17H,8-11H2,1-2H3,(H,28,29). The fourth-order valence-electron chi connectivity index (χ4n) is 3.91. The molecule has 0 bridgehead atoms. The summed E-state index contributed by atoms with van der Waals surface area (Å²) in [5, 5.41) is 17.8. The van der Waals surface area contributed by atoms with Gasteiger partial charge in [0, 0.05) is 19.3 Å². The van der Waals surface area contributed by atoms with E-state index in [-0.39, 0.29) is 17.5 Å². The number of likely N-dealkylation sites (tertiary alicyclic amines) is 1. The van der Waals surface area contributed by atoms with E-state index in [2.05, 4.69) is 10.2 Å². The lowest BCUT2D eigenvalue weighted by Gasteiger charge is -2.32. The molecule has 1 aliphatic heterocycles. The first-order valence-corrected chi connectivity index (χ1v) is 9.64. The minimum atomic E-state index is -0.981. The molecule has 3 heterocycles. The molecule has 0 radical (unpaired) electrons. The maximum atomic E-state index is 13.2. The third kappa shape index (κ3) is 3.53. The Morgan fingerprint density at radius 2 is 1.79 bits per heavy atom. The van der Waals surface area contributed by atoms with Crippen molar-refractivity contribution >= 4 is 11.9 Å². The molecular weight excluding hydrogens is 370 g/mol. The molecule has 29 heavy (non-hydrogen) atoms. The van der Waals surface area contributed by atoms with Crippen molar-refractivity contribution in [3.05, 3.63) is 65.2 Å².